The van der Waals surface area contributed by atoms with Gasteiger partial charge >= 0.3 is 0 Å². The van der Waals surface area contributed by atoms with E-state index in [1.165, 1.54) is 0 Å². The predicted octanol–water partition coefficient (Wildman–Crippen LogP) is 3.17. The third-order valence-corrected chi connectivity index (χ3v) is 2.74. The molecule has 0 bridgehead atoms. The molecule has 0 amide bonds. The molecule has 1 unspecified atom stereocenters. The average Bonchev–Trinajstić information content (AvgIpc) is 2.70. The van der Waals surface area contributed by atoms with Crippen molar-refractivity contribution >= 4 is 5.82 Å². The molecule has 1 N–H and O–H groups in total. The van der Waals surface area contributed by atoms with Crippen LogP contribution in [0.2, 0.25) is 0 Å². The van der Waals surface area contributed by atoms with E-state index in [0.29, 0.717) is 0 Å². The maximum Gasteiger partial charge on any atom is 0.145 e. The van der Waals surface area contributed by atoms with Crippen LogP contribution >= 0.6 is 0 Å². The van der Waals surface area contributed by atoms with E-state index in [0.717, 1.165) is 28.7 Å². The van der Waals surface area contributed by atoms with Gasteiger partial charge in [0, 0.05) is 0 Å². The van der Waals surface area contributed by atoms with E-state index < -0.39 is 0 Å². The summed E-state index contributed by atoms with van der Waals surface area (Å²) in [5.74, 6) is 2.59. The standard InChI is InChI=1S/C13H17N3O/c1-8-5-6-12(17-8)11(4)16-13-7-14-9(2)10(3)15-13/h5-7,11H,1-4H3,(H,15,16). The molecular formula is C13H17N3O. The number of hydrogen-bond donors (Lipinski definition) is 1. The summed E-state index contributed by atoms with van der Waals surface area (Å²) in [6.45, 7) is 7.88. The highest BCUT2D eigenvalue weighted by atomic mass is 16.3. The maximum absolute atomic E-state index is 5.56. The van der Waals surface area contributed by atoms with Gasteiger partial charge in [-0.3, -0.25) is 4.98 Å². The van der Waals surface area contributed by atoms with Gasteiger partial charge in [0.1, 0.15) is 17.3 Å². The monoisotopic (exact) mass is 231 g/mol. The van der Waals surface area contributed by atoms with E-state index in [-0.39, 0.29) is 6.04 Å². The Hall–Kier alpha value is -1.84. The van der Waals surface area contributed by atoms with Crippen molar-refractivity contribution in [3.8, 4) is 0 Å². The fourth-order valence-corrected chi connectivity index (χ4v) is 1.59. The highest BCUT2D eigenvalue weighted by molar-refractivity contribution is 5.35. The minimum atomic E-state index is 0.0834. The Morgan fingerprint density at radius 2 is 1.94 bits per heavy atom. The molecule has 2 heterocycles. The van der Waals surface area contributed by atoms with Crippen molar-refractivity contribution in [2.45, 2.75) is 33.7 Å². The van der Waals surface area contributed by atoms with Crippen LogP contribution < -0.4 is 5.32 Å². The van der Waals surface area contributed by atoms with Crippen LogP contribution in [0.15, 0.2) is 22.7 Å². The zero-order chi connectivity index (χ0) is 12.4. The SMILES string of the molecule is Cc1ccc(C(C)Nc2cnc(C)c(C)n2)o1. The Kier molecular flexibility index (Phi) is 3.13. The van der Waals surface area contributed by atoms with Crippen LogP contribution in [0.1, 0.15) is 35.9 Å². The Balaban J connectivity index is 2.12. The third kappa shape index (κ3) is 2.64. The zero-order valence-electron chi connectivity index (χ0n) is 10.6. The summed E-state index contributed by atoms with van der Waals surface area (Å²) in [4.78, 5) is 8.70. The Morgan fingerprint density at radius 3 is 2.53 bits per heavy atom. The van der Waals surface area contributed by atoms with Crippen molar-refractivity contribution in [3.63, 3.8) is 0 Å². The molecule has 17 heavy (non-hydrogen) atoms. The second-order valence-electron chi connectivity index (χ2n) is 4.24. The number of nitrogens with zero attached hydrogens (tertiary/aromatic N) is 2. The van der Waals surface area contributed by atoms with Gasteiger partial charge in [-0.2, -0.15) is 0 Å². The summed E-state index contributed by atoms with van der Waals surface area (Å²) >= 11 is 0. The molecule has 0 radical (unpaired) electrons. The molecule has 0 aliphatic carbocycles. The van der Waals surface area contributed by atoms with Gasteiger partial charge in [0.2, 0.25) is 0 Å². The van der Waals surface area contributed by atoms with Gasteiger partial charge in [-0.1, -0.05) is 0 Å². The first-order valence-electron chi connectivity index (χ1n) is 5.69. The average molecular weight is 231 g/mol. The van der Waals surface area contributed by atoms with Crippen molar-refractivity contribution in [1.82, 2.24) is 9.97 Å². The highest BCUT2D eigenvalue weighted by Gasteiger charge is 2.10. The fraction of sp³-hybridized carbons (Fsp3) is 0.385. The van der Waals surface area contributed by atoms with Crippen LogP contribution in [0.4, 0.5) is 5.82 Å². The molecule has 0 saturated carbocycles. The van der Waals surface area contributed by atoms with Gasteiger partial charge in [-0.25, -0.2) is 4.98 Å². The summed E-state index contributed by atoms with van der Waals surface area (Å²) in [6, 6.07) is 4.02. The van der Waals surface area contributed by atoms with Gasteiger partial charge in [-0.15, -0.1) is 0 Å². The molecule has 90 valence electrons. The van der Waals surface area contributed by atoms with Crippen LogP contribution in [0.5, 0.6) is 0 Å². The Morgan fingerprint density at radius 1 is 1.18 bits per heavy atom. The third-order valence-electron chi connectivity index (χ3n) is 2.74. The van der Waals surface area contributed by atoms with E-state index in [1.807, 2.05) is 39.8 Å². The highest BCUT2D eigenvalue weighted by Crippen LogP contribution is 2.19. The zero-order valence-corrected chi connectivity index (χ0v) is 10.6. The fourth-order valence-electron chi connectivity index (χ4n) is 1.59. The first-order valence-corrected chi connectivity index (χ1v) is 5.69. The van der Waals surface area contributed by atoms with Gasteiger partial charge in [0.25, 0.3) is 0 Å². The topological polar surface area (TPSA) is 51.0 Å². The number of anilines is 1. The molecule has 0 fully saturated rings. The molecular weight excluding hydrogens is 214 g/mol. The molecule has 0 aliphatic rings. The molecule has 0 spiro atoms. The minimum Gasteiger partial charge on any atom is -0.464 e. The number of hydrogen-bond acceptors (Lipinski definition) is 4. The van der Waals surface area contributed by atoms with Gasteiger partial charge in [0.05, 0.1) is 23.6 Å². The number of rotatable bonds is 3. The van der Waals surface area contributed by atoms with Crippen molar-refractivity contribution in [2.24, 2.45) is 0 Å². The Labute approximate surface area is 101 Å². The Bertz CT molecular complexity index is 519. The van der Waals surface area contributed by atoms with Crippen molar-refractivity contribution < 1.29 is 4.42 Å². The molecule has 1 atom stereocenters. The first-order chi connectivity index (χ1) is 8.06. The van der Waals surface area contributed by atoms with Gasteiger partial charge in [0.15, 0.2) is 0 Å². The summed E-state index contributed by atoms with van der Waals surface area (Å²) in [5, 5.41) is 3.27. The number of nitrogens with one attached hydrogen (secondary N) is 1. The lowest BCUT2D eigenvalue weighted by Gasteiger charge is -2.12. The maximum atomic E-state index is 5.56. The van der Waals surface area contributed by atoms with Crippen LogP contribution in [0.25, 0.3) is 0 Å². The van der Waals surface area contributed by atoms with Gasteiger partial charge < -0.3 is 9.73 Å². The van der Waals surface area contributed by atoms with Crippen molar-refractivity contribution in [2.75, 3.05) is 5.32 Å². The largest absolute Gasteiger partial charge is 0.464 e. The molecule has 0 aliphatic heterocycles. The van der Waals surface area contributed by atoms with E-state index in [9.17, 15) is 0 Å². The van der Waals surface area contributed by atoms with E-state index in [4.69, 9.17) is 4.42 Å². The molecule has 4 heteroatoms. The van der Waals surface area contributed by atoms with Crippen LogP contribution in [0.3, 0.4) is 0 Å². The van der Waals surface area contributed by atoms with Crippen LogP contribution in [-0.2, 0) is 0 Å². The van der Waals surface area contributed by atoms with E-state index in [1.54, 1.807) is 6.20 Å². The normalized spacial score (nSPS) is 12.5. The number of aryl methyl sites for hydroxylation is 3. The number of furan rings is 1. The minimum absolute atomic E-state index is 0.0834. The molecule has 0 saturated heterocycles. The lowest BCUT2D eigenvalue weighted by atomic mass is 10.2. The van der Waals surface area contributed by atoms with E-state index >= 15 is 0 Å². The van der Waals surface area contributed by atoms with Crippen LogP contribution in [-0.4, -0.2) is 9.97 Å². The molecule has 2 aromatic rings. The second kappa shape index (κ2) is 4.57. The second-order valence-corrected chi connectivity index (χ2v) is 4.24. The summed E-state index contributed by atoms with van der Waals surface area (Å²) in [5.41, 5.74) is 1.90. The quantitative estimate of drug-likeness (QED) is 0.881. The summed E-state index contributed by atoms with van der Waals surface area (Å²) in [7, 11) is 0. The molecule has 2 rings (SSSR count). The number of aromatic nitrogens is 2. The van der Waals surface area contributed by atoms with Crippen LogP contribution in [0, 0.1) is 20.8 Å². The smallest absolute Gasteiger partial charge is 0.145 e. The van der Waals surface area contributed by atoms with Gasteiger partial charge in [-0.05, 0) is 39.8 Å². The molecule has 2 aromatic heterocycles. The predicted molar refractivity (Wildman–Crippen MR) is 67.0 cm³/mol. The molecule has 0 aromatic carbocycles. The van der Waals surface area contributed by atoms with Crippen molar-refractivity contribution in [1.29, 1.82) is 0 Å². The lowest BCUT2D eigenvalue weighted by molar-refractivity contribution is 0.466. The lowest BCUT2D eigenvalue weighted by Crippen LogP contribution is -2.08. The molecule has 4 nitrogen and oxygen atoms in total. The van der Waals surface area contributed by atoms with Crippen molar-refractivity contribution in [3.05, 3.63) is 41.2 Å². The summed E-state index contributed by atoms with van der Waals surface area (Å²) in [6.07, 6.45) is 1.74. The van der Waals surface area contributed by atoms with E-state index in [2.05, 4.69) is 15.3 Å². The summed E-state index contributed by atoms with van der Waals surface area (Å²) < 4.78 is 5.56. The first kappa shape index (κ1) is 11.6.